The minimum absolute atomic E-state index is 0.00320. The van der Waals surface area contributed by atoms with Gasteiger partial charge in [-0.2, -0.15) is 8.61 Å². The van der Waals surface area contributed by atoms with E-state index in [2.05, 4.69) is 10.3 Å². The van der Waals surface area contributed by atoms with E-state index in [0.717, 1.165) is 42.7 Å². The van der Waals surface area contributed by atoms with Crippen LogP contribution in [0.2, 0.25) is 0 Å². The van der Waals surface area contributed by atoms with E-state index in [1.54, 1.807) is 24.3 Å². The molecular weight excluding hydrogens is 683 g/mol. The third kappa shape index (κ3) is 9.59. The lowest BCUT2D eigenvalue weighted by Crippen LogP contribution is -2.50. The first kappa shape index (κ1) is 37.4. The first-order valence-electron chi connectivity index (χ1n) is 15.4. The molecule has 2 fully saturated rings. The van der Waals surface area contributed by atoms with Crippen molar-refractivity contribution in [3.8, 4) is 0 Å². The Bertz CT molecular complexity index is 1840. The van der Waals surface area contributed by atoms with Gasteiger partial charge < -0.3 is 21.5 Å². The minimum Gasteiger partial charge on any atom is -0.409 e. The fraction of sp³-hybridized carbons (Fsp3) is 0.344. The van der Waals surface area contributed by atoms with Crippen molar-refractivity contribution in [2.45, 2.75) is 66.8 Å². The molecule has 0 radical (unpaired) electrons. The Hall–Kier alpha value is -4.45. The maximum atomic E-state index is 13.2. The van der Waals surface area contributed by atoms with Crippen LogP contribution in [0.25, 0.3) is 0 Å². The molecule has 0 aromatic heterocycles. The molecular formula is C32H38F2N6O7S2. The maximum Gasteiger partial charge on any atom is 0.339 e. The fourth-order valence-corrected chi connectivity index (χ4v) is 8.82. The zero-order valence-corrected chi connectivity index (χ0v) is 28.1. The first-order valence-corrected chi connectivity index (χ1v) is 18.3. The summed E-state index contributed by atoms with van der Waals surface area (Å²) in [7, 11) is -7.68. The fourth-order valence-electron chi connectivity index (χ4n) is 5.49. The number of halogens is 2. The smallest absolute Gasteiger partial charge is 0.339 e. The number of rotatable bonds is 9. The van der Waals surface area contributed by atoms with Crippen LogP contribution in [-0.2, 0) is 36.1 Å². The first-order chi connectivity index (χ1) is 23.3. The van der Waals surface area contributed by atoms with Gasteiger partial charge in [0.25, 0.3) is 0 Å². The Kier molecular flexibility index (Phi) is 12.8. The van der Waals surface area contributed by atoms with Crippen molar-refractivity contribution in [3.05, 3.63) is 96.1 Å². The molecule has 13 nitrogen and oxygen atoms in total. The highest BCUT2D eigenvalue weighted by Crippen LogP contribution is 2.27. The summed E-state index contributed by atoms with van der Waals surface area (Å²) < 4.78 is 79.5. The van der Waals surface area contributed by atoms with Crippen molar-refractivity contribution in [2.75, 3.05) is 13.1 Å². The van der Waals surface area contributed by atoms with Gasteiger partial charge in [0, 0.05) is 13.1 Å². The number of nitrogens with two attached hydrogens (primary N) is 2. The van der Waals surface area contributed by atoms with Gasteiger partial charge in [0.15, 0.2) is 11.7 Å². The molecule has 2 heterocycles. The van der Waals surface area contributed by atoms with E-state index in [0.29, 0.717) is 32.2 Å². The van der Waals surface area contributed by atoms with E-state index in [1.807, 2.05) is 6.07 Å². The monoisotopic (exact) mass is 720 g/mol. The Morgan fingerprint density at radius 2 is 1.18 bits per heavy atom. The Labute approximate surface area is 283 Å². The predicted molar refractivity (Wildman–Crippen MR) is 177 cm³/mol. The number of carbonyl (C=O) groups is 1. The third-order valence-corrected chi connectivity index (χ3v) is 11.8. The van der Waals surface area contributed by atoms with Crippen molar-refractivity contribution in [2.24, 2.45) is 21.8 Å². The number of benzene rings is 3. The average molecular weight is 721 g/mol. The van der Waals surface area contributed by atoms with Crippen LogP contribution in [0.4, 0.5) is 8.78 Å². The van der Waals surface area contributed by atoms with E-state index in [-0.39, 0.29) is 34.4 Å². The molecule has 264 valence electrons. The van der Waals surface area contributed by atoms with Crippen LogP contribution in [0.1, 0.15) is 44.1 Å². The van der Waals surface area contributed by atoms with E-state index >= 15 is 0 Å². The summed E-state index contributed by atoms with van der Waals surface area (Å²) in [5.41, 5.74) is 12.3. The lowest BCUT2D eigenvalue weighted by atomic mass is 10.0. The van der Waals surface area contributed by atoms with Gasteiger partial charge in [-0.05, 0) is 79.8 Å². The summed E-state index contributed by atoms with van der Waals surface area (Å²) in [5.74, 6) is -1.84. The molecule has 0 unspecified atom stereocenters. The van der Waals surface area contributed by atoms with Crippen molar-refractivity contribution in [1.82, 2.24) is 8.61 Å². The molecule has 0 bridgehead atoms. The second-order valence-corrected chi connectivity index (χ2v) is 15.1. The molecule has 17 heteroatoms. The van der Waals surface area contributed by atoms with E-state index < -0.39 is 49.7 Å². The van der Waals surface area contributed by atoms with Crippen LogP contribution in [0.3, 0.4) is 0 Å². The van der Waals surface area contributed by atoms with Crippen LogP contribution in [-0.4, -0.2) is 73.5 Å². The SMILES string of the molecule is N/C(=N\O)[C@@H]1CCCCN1S(=O)(=O)c1ccc(F)cc1.N/C(=N\OC(=O)Cc1ccccc1)[C@@H]1CCCCN1S(=O)(=O)c1ccc(F)cc1. The normalized spacial score (nSPS) is 19.8. The molecule has 5 rings (SSSR count). The molecule has 0 spiro atoms. The zero-order chi connectivity index (χ0) is 35.6. The molecule has 2 atom stereocenters. The molecule has 3 aromatic carbocycles. The van der Waals surface area contributed by atoms with Crippen molar-refractivity contribution in [3.63, 3.8) is 0 Å². The Balaban J connectivity index is 0.000000237. The van der Waals surface area contributed by atoms with Gasteiger partial charge in [-0.25, -0.2) is 30.4 Å². The highest BCUT2D eigenvalue weighted by Gasteiger charge is 2.37. The second kappa shape index (κ2) is 16.8. The number of hydrogen-bond donors (Lipinski definition) is 3. The van der Waals surface area contributed by atoms with Gasteiger partial charge in [0.05, 0.1) is 28.3 Å². The average Bonchev–Trinajstić information content (AvgIpc) is 3.11. The van der Waals surface area contributed by atoms with Crippen molar-refractivity contribution >= 4 is 37.7 Å². The van der Waals surface area contributed by atoms with Crippen LogP contribution in [0.15, 0.2) is 99.0 Å². The van der Waals surface area contributed by atoms with E-state index in [1.165, 1.54) is 32.9 Å². The maximum absolute atomic E-state index is 13.2. The van der Waals surface area contributed by atoms with Crippen LogP contribution in [0.5, 0.6) is 0 Å². The predicted octanol–water partition coefficient (Wildman–Crippen LogP) is 3.54. The zero-order valence-electron chi connectivity index (χ0n) is 26.4. The van der Waals surface area contributed by atoms with Gasteiger partial charge in [0.1, 0.15) is 11.6 Å². The number of sulfonamides is 2. The van der Waals surface area contributed by atoms with E-state index in [4.69, 9.17) is 21.5 Å². The number of carbonyl (C=O) groups excluding carboxylic acids is 1. The molecule has 3 aromatic rings. The number of amidine groups is 2. The standard InChI is InChI=1S/C20H22FN3O4S.C12H16FN3O3S/c21-16-9-11-17(12-10-16)29(26,27)24-13-5-4-8-18(24)20(22)23-28-19(25)14-15-6-2-1-3-7-15;13-9-4-6-10(7-5-9)20(18,19)16-8-2-1-3-11(16)12(14)15-17/h1-3,6-7,9-12,18H,4-5,8,13-14H2,(H2,22,23);4-7,11,17H,1-3,8H2,(H2,14,15)/t18-;11-/m00/s1. The number of nitrogens with zero attached hydrogens (tertiary/aromatic N) is 4. The molecule has 2 saturated heterocycles. The van der Waals surface area contributed by atoms with Crippen LogP contribution >= 0.6 is 0 Å². The largest absolute Gasteiger partial charge is 0.409 e. The third-order valence-electron chi connectivity index (χ3n) is 7.99. The van der Waals surface area contributed by atoms with Gasteiger partial charge in [-0.3, -0.25) is 0 Å². The van der Waals surface area contributed by atoms with Gasteiger partial charge in [0.2, 0.25) is 20.0 Å². The summed E-state index contributed by atoms with van der Waals surface area (Å²) in [6, 6.07) is 16.8. The van der Waals surface area contributed by atoms with Gasteiger partial charge in [-0.1, -0.05) is 53.5 Å². The second-order valence-electron chi connectivity index (χ2n) is 11.3. The summed E-state index contributed by atoms with van der Waals surface area (Å²) in [5, 5.41) is 15.4. The lowest BCUT2D eigenvalue weighted by molar-refractivity contribution is -0.142. The Morgan fingerprint density at radius 1 is 0.735 bits per heavy atom. The topological polar surface area (TPSA) is 198 Å². The van der Waals surface area contributed by atoms with Crippen molar-refractivity contribution in [1.29, 1.82) is 0 Å². The minimum atomic E-state index is -3.89. The van der Waals surface area contributed by atoms with E-state index in [9.17, 15) is 30.4 Å². The molecule has 0 saturated carbocycles. The van der Waals surface area contributed by atoms with Gasteiger partial charge >= 0.3 is 5.97 Å². The summed E-state index contributed by atoms with van der Waals surface area (Å²) in [6.45, 7) is 0.541. The van der Waals surface area contributed by atoms with Crippen LogP contribution in [0, 0.1) is 11.6 Å². The molecule has 0 amide bonds. The Morgan fingerprint density at radius 3 is 1.63 bits per heavy atom. The summed E-state index contributed by atoms with van der Waals surface area (Å²) >= 11 is 0. The molecule has 2 aliphatic rings. The molecule has 0 aliphatic carbocycles. The van der Waals surface area contributed by atoms with Gasteiger partial charge in [-0.15, -0.1) is 0 Å². The highest BCUT2D eigenvalue weighted by atomic mass is 32.2. The number of piperidine rings is 2. The van der Waals surface area contributed by atoms with Crippen molar-refractivity contribution < 1.29 is 40.5 Å². The lowest BCUT2D eigenvalue weighted by Gasteiger charge is -2.33. The molecule has 49 heavy (non-hydrogen) atoms. The highest BCUT2D eigenvalue weighted by molar-refractivity contribution is 7.89. The quantitative estimate of drug-likeness (QED) is 0.0973. The van der Waals surface area contributed by atoms with Crippen LogP contribution < -0.4 is 11.5 Å². The summed E-state index contributed by atoms with van der Waals surface area (Å²) in [6.07, 6.45) is 3.90. The number of hydrogen-bond acceptors (Lipinski definition) is 9. The molecule has 5 N–H and O–H groups in total. The number of oxime groups is 2. The summed E-state index contributed by atoms with van der Waals surface area (Å²) in [4.78, 5) is 16.8. The molecule has 2 aliphatic heterocycles.